The summed E-state index contributed by atoms with van der Waals surface area (Å²) in [7, 11) is 0. The Hall–Kier alpha value is -3.64. The summed E-state index contributed by atoms with van der Waals surface area (Å²) in [5.74, 6) is -0.396. The molecular formula is C24H19N3O2S. The number of carbonyl (C=O) groups excluding carboxylic acids is 2. The van der Waals surface area contributed by atoms with E-state index < -0.39 is 0 Å². The Morgan fingerprint density at radius 2 is 1.50 bits per heavy atom. The Bertz CT molecular complexity index is 1100. The van der Waals surface area contributed by atoms with Gasteiger partial charge in [-0.05, 0) is 47.7 Å². The van der Waals surface area contributed by atoms with Gasteiger partial charge in [-0.2, -0.15) is 0 Å². The second-order valence-electron chi connectivity index (χ2n) is 6.51. The van der Waals surface area contributed by atoms with Gasteiger partial charge in [-0.15, -0.1) is 0 Å². The summed E-state index contributed by atoms with van der Waals surface area (Å²) in [6.07, 6.45) is 1.84. The summed E-state index contributed by atoms with van der Waals surface area (Å²) >= 11 is 1.27. The smallest absolute Gasteiger partial charge is 0.271 e. The molecule has 3 aromatic rings. The van der Waals surface area contributed by atoms with E-state index in [9.17, 15) is 9.59 Å². The van der Waals surface area contributed by atoms with Crippen LogP contribution in [0.5, 0.6) is 0 Å². The number of nitrogens with one attached hydrogen (secondary N) is 1. The largest absolute Gasteiger partial charge is 0.324 e. The molecule has 0 spiro atoms. The third-order valence-corrected chi connectivity index (χ3v) is 5.34. The van der Waals surface area contributed by atoms with Gasteiger partial charge in [0.15, 0.2) is 5.17 Å². The number of thioether (sulfide) groups is 1. The fraction of sp³-hybridized carbons (Fsp3) is 0.0417. The molecule has 0 atom stereocenters. The van der Waals surface area contributed by atoms with Gasteiger partial charge in [0.25, 0.3) is 5.91 Å². The van der Waals surface area contributed by atoms with Crippen molar-refractivity contribution in [1.29, 1.82) is 0 Å². The lowest BCUT2D eigenvalue weighted by Crippen LogP contribution is -2.29. The molecule has 3 aromatic carbocycles. The monoisotopic (exact) mass is 413 g/mol. The summed E-state index contributed by atoms with van der Waals surface area (Å²) in [6.45, 7) is -0.0769. The molecule has 1 aliphatic rings. The predicted octanol–water partition coefficient (Wildman–Crippen LogP) is 4.80. The number of hydrogen-bond acceptors (Lipinski definition) is 4. The lowest BCUT2D eigenvalue weighted by atomic mass is 10.2. The van der Waals surface area contributed by atoms with E-state index in [2.05, 4.69) is 10.3 Å². The minimum Gasteiger partial charge on any atom is -0.324 e. The van der Waals surface area contributed by atoms with Crippen molar-refractivity contribution in [3.63, 3.8) is 0 Å². The maximum absolute atomic E-state index is 13.1. The number of para-hydroxylation sites is 2. The number of anilines is 2. The van der Waals surface area contributed by atoms with Gasteiger partial charge in [0.1, 0.15) is 6.54 Å². The molecule has 2 amide bonds. The molecule has 6 heteroatoms. The first kappa shape index (κ1) is 19.7. The van der Waals surface area contributed by atoms with Crippen LogP contribution in [-0.4, -0.2) is 23.5 Å². The van der Waals surface area contributed by atoms with Crippen LogP contribution >= 0.6 is 11.8 Å². The van der Waals surface area contributed by atoms with Gasteiger partial charge in [-0.3, -0.25) is 19.5 Å². The molecule has 1 heterocycles. The summed E-state index contributed by atoms with van der Waals surface area (Å²) < 4.78 is 0. The Morgan fingerprint density at radius 1 is 0.900 bits per heavy atom. The van der Waals surface area contributed by atoms with Crippen molar-refractivity contribution in [3.8, 4) is 0 Å². The fourth-order valence-electron chi connectivity index (χ4n) is 2.95. The number of aliphatic imine (C=N–C) groups is 1. The van der Waals surface area contributed by atoms with E-state index in [0.29, 0.717) is 21.4 Å². The third-order valence-electron chi connectivity index (χ3n) is 4.33. The summed E-state index contributed by atoms with van der Waals surface area (Å²) in [5, 5.41) is 3.29. The molecule has 1 saturated heterocycles. The van der Waals surface area contributed by atoms with E-state index >= 15 is 0 Å². The highest BCUT2D eigenvalue weighted by atomic mass is 32.2. The van der Waals surface area contributed by atoms with Gasteiger partial charge in [-0.25, -0.2) is 0 Å². The number of nitrogens with zero attached hydrogens (tertiary/aromatic N) is 2. The zero-order chi connectivity index (χ0) is 20.8. The molecule has 1 N–H and O–H groups in total. The minimum absolute atomic E-state index is 0.0769. The second-order valence-corrected chi connectivity index (χ2v) is 7.52. The van der Waals surface area contributed by atoms with Crippen LogP contribution in [0.1, 0.15) is 5.56 Å². The number of amides is 2. The zero-order valence-electron chi connectivity index (χ0n) is 16.1. The Morgan fingerprint density at radius 3 is 2.17 bits per heavy atom. The standard InChI is InChI=1S/C24H19N3O2S/c28-22(26-19-12-6-2-7-13-19)17-25-24-27(20-14-8-3-9-15-20)23(29)21(30-24)16-18-10-4-1-5-11-18/h1-16H,17H2,(H,26,28)/b21-16-,25-24?. The summed E-state index contributed by atoms with van der Waals surface area (Å²) in [6, 6.07) is 28.2. The molecule has 30 heavy (non-hydrogen) atoms. The average Bonchev–Trinajstić information content (AvgIpc) is 3.09. The van der Waals surface area contributed by atoms with E-state index in [0.717, 1.165) is 5.56 Å². The topological polar surface area (TPSA) is 61.8 Å². The summed E-state index contributed by atoms with van der Waals surface area (Å²) in [4.78, 5) is 32.0. The molecule has 148 valence electrons. The molecule has 0 aromatic heterocycles. The fourth-order valence-corrected chi connectivity index (χ4v) is 3.92. The number of amidine groups is 1. The maximum Gasteiger partial charge on any atom is 0.271 e. The average molecular weight is 414 g/mol. The van der Waals surface area contributed by atoms with Crippen LogP contribution in [0, 0.1) is 0 Å². The molecule has 0 bridgehead atoms. The highest BCUT2D eigenvalue weighted by Crippen LogP contribution is 2.35. The SMILES string of the molecule is O=C(CN=C1S/C(=C\c2ccccc2)C(=O)N1c1ccccc1)Nc1ccccc1. The third kappa shape index (κ3) is 4.67. The zero-order valence-corrected chi connectivity index (χ0v) is 16.9. The molecule has 5 nitrogen and oxygen atoms in total. The number of benzene rings is 3. The van der Waals surface area contributed by atoms with Gasteiger partial charge in [0.05, 0.1) is 10.6 Å². The molecule has 1 aliphatic heterocycles. The van der Waals surface area contributed by atoms with Crippen LogP contribution in [0.3, 0.4) is 0 Å². The van der Waals surface area contributed by atoms with Gasteiger partial charge >= 0.3 is 0 Å². The van der Waals surface area contributed by atoms with Crippen LogP contribution in [0.2, 0.25) is 0 Å². The van der Waals surface area contributed by atoms with Gasteiger partial charge < -0.3 is 5.32 Å². The van der Waals surface area contributed by atoms with Crippen molar-refractivity contribution >= 4 is 46.2 Å². The lowest BCUT2D eigenvalue weighted by molar-refractivity contribution is -0.115. The van der Waals surface area contributed by atoms with Crippen molar-refractivity contribution in [3.05, 3.63) is 101 Å². The second kappa shape index (κ2) is 9.24. The molecule has 0 aliphatic carbocycles. The molecule has 0 saturated carbocycles. The molecule has 1 fully saturated rings. The van der Waals surface area contributed by atoms with E-state index in [1.54, 1.807) is 4.90 Å². The van der Waals surface area contributed by atoms with E-state index in [4.69, 9.17) is 0 Å². The normalized spacial score (nSPS) is 16.3. The van der Waals surface area contributed by atoms with E-state index in [1.807, 2.05) is 97.1 Å². The van der Waals surface area contributed by atoms with Crippen LogP contribution in [-0.2, 0) is 9.59 Å². The highest BCUT2D eigenvalue weighted by molar-refractivity contribution is 8.19. The van der Waals surface area contributed by atoms with Gasteiger partial charge in [0.2, 0.25) is 5.91 Å². The van der Waals surface area contributed by atoms with E-state index in [-0.39, 0.29) is 18.4 Å². The first-order chi connectivity index (χ1) is 14.7. The van der Waals surface area contributed by atoms with E-state index in [1.165, 1.54) is 11.8 Å². The van der Waals surface area contributed by atoms with Crippen molar-refractivity contribution < 1.29 is 9.59 Å². The summed E-state index contributed by atoms with van der Waals surface area (Å²) in [5.41, 5.74) is 2.36. The molecular weight excluding hydrogens is 394 g/mol. The Labute approximate surface area is 179 Å². The van der Waals surface area contributed by atoms with Crippen molar-refractivity contribution in [2.24, 2.45) is 4.99 Å². The maximum atomic E-state index is 13.1. The lowest BCUT2D eigenvalue weighted by Gasteiger charge is -2.15. The highest BCUT2D eigenvalue weighted by Gasteiger charge is 2.34. The molecule has 4 rings (SSSR count). The molecule has 0 radical (unpaired) electrons. The first-order valence-corrected chi connectivity index (χ1v) is 10.3. The van der Waals surface area contributed by atoms with Crippen molar-refractivity contribution in [1.82, 2.24) is 0 Å². The van der Waals surface area contributed by atoms with Gasteiger partial charge in [-0.1, -0.05) is 66.7 Å². The minimum atomic E-state index is -0.241. The Kier molecular flexibility index (Phi) is 6.06. The molecule has 0 unspecified atom stereocenters. The van der Waals surface area contributed by atoms with Crippen molar-refractivity contribution in [2.45, 2.75) is 0 Å². The van der Waals surface area contributed by atoms with Crippen LogP contribution in [0.4, 0.5) is 11.4 Å². The van der Waals surface area contributed by atoms with Crippen LogP contribution in [0.15, 0.2) is 101 Å². The number of hydrogen-bond donors (Lipinski definition) is 1. The van der Waals surface area contributed by atoms with Crippen LogP contribution < -0.4 is 10.2 Å². The van der Waals surface area contributed by atoms with Gasteiger partial charge in [0, 0.05) is 5.69 Å². The van der Waals surface area contributed by atoms with Crippen LogP contribution in [0.25, 0.3) is 6.08 Å². The quantitative estimate of drug-likeness (QED) is 0.611. The number of carbonyl (C=O) groups is 2. The predicted molar refractivity (Wildman–Crippen MR) is 123 cm³/mol. The first-order valence-electron chi connectivity index (χ1n) is 9.44. The Balaban J connectivity index is 1.59. The number of rotatable bonds is 5. The van der Waals surface area contributed by atoms with Crippen molar-refractivity contribution in [2.75, 3.05) is 16.8 Å².